The maximum Gasteiger partial charge on any atom is 0.337 e. The van der Waals surface area contributed by atoms with Gasteiger partial charge in [0.1, 0.15) is 0 Å². The Morgan fingerprint density at radius 3 is 2.72 bits per heavy atom. The number of unbranched alkanes of at least 4 members (excludes halogenated alkanes) is 1. The first-order chi connectivity index (χ1) is 14.0. The van der Waals surface area contributed by atoms with E-state index in [4.69, 9.17) is 21.0 Å². The first kappa shape index (κ1) is 21.4. The topological polar surface area (TPSA) is 96.9 Å². The molecule has 0 heterocycles. The van der Waals surface area contributed by atoms with Gasteiger partial charge in [-0.1, -0.05) is 18.2 Å². The fourth-order valence-electron chi connectivity index (χ4n) is 2.38. The van der Waals surface area contributed by atoms with Crippen molar-refractivity contribution < 1.29 is 24.2 Å². The molecule has 7 nitrogen and oxygen atoms in total. The molecule has 0 aliphatic rings. The molecule has 0 aromatic heterocycles. The van der Waals surface area contributed by atoms with Crippen LogP contribution in [0.2, 0.25) is 0 Å². The van der Waals surface area contributed by atoms with Crippen LogP contribution in [0, 0.1) is 12.3 Å². The van der Waals surface area contributed by atoms with E-state index in [9.17, 15) is 9.59 Å². The lowest BCUT2D eigenvalue weighted by Crippen LogP contribution is -2.28. The maximum atomic E-state index is 12.0. The summed E-state index contributed by atoms with van der Waals surface area (Å²) in [5.74, 6) is 2.16. The predicted octanol–water partition coefficient (Wildman–Crippen LogP) is 3.34. The molecule has 29 heavy (non-hydrogen) atoms. The van der Waals surface area contributed by atoms with Gasteiger partial charge in [0.25, 0.3) is 5.91 Å². The Bertz CT molecular complexity index is 931. The van der Waals surface area contributed by atoms with Crippen LogP contribution in [0.25, 0.3) is 6.08 Å². The van der Waals surface area contributed by atoms with E-state index in [1.54, 1.807) is 42.5 Å². The molecule has 7 heteroatoms. The first-order valence-electron chi connectivity index (χ1n) is 8.86. The molecule has 1 amide bonds. The third-order valence-corrected chi connectivity index (χ3v) is 3.82. The molecule has 0 bridgehead atoms. The van der Waals surface area contributed by atoms with Crippen LogP contribution < -0.4 is 20.3 Å². The summed E-state index contributed by atoms with van der Waals surface area (Å²) in [6.07, 6.45) is 9.53. The highest BCUT2D eigenvalue weighted by atomic mass is 16.5. The van der Waals surface area contributed by atoms with Gasteiger partial charge in [0.2, 0.25) is 0 Å². The molecule has 150 valence electrons. The van der Waals surface area contributed by atoms with E-state index in [1.807, 2.05) is 0 Å². The minimum absolute atomic E-state index is 0.0550. The van der Waals surface area contributed by atoms with E-state index >= 15 is 0 Å². The van der Waals surface area contributed by atoms with Gasteiger partial charge in [0.05, 0.1) is 25.0 Å². The number of aromatic carboxylic acids is 1. The fourth-order valence-corrected chi connectivity index (χ4v) is 2.38. The molecule has 0 aliphatic carbocycles. The van der Waals surface area contributed by atoms with E-state index in [0.717, 1.165) is 12.0 Å². The van der Waals surface area contributed by atoms with Gasteiger partial charge in [0.15, 0.2) is 11.5 Å². The second-order valence-electron chi connectivity index (χ2n) is 5.86. The molecule has 0 unspecified atom stereocenters. The van der Waals surface area contributed by atoms with Crippen LogP contribution in [-0.2, 0) is 4.79 Å². The highest BCUT2D eigenvalue weighted by molar-refractivity contribution is 5.96. The Hall–Kier alpha value is -3.92. The summed E-state index contributed by atoms with van der Waals surface area (Å²) in [5, 5.41) is 9.14. The van der Waals surface area contributed by atoms with Crippen molar-refractivity contribution in [3.8, 4) is 23.8 Å². The summed E-state index contributed by atoms with van der Waals surface area (Å²) in [6.45, 7) is 0.488. The minimum atomic E-state index is -1.09. The van der Waals surface area contributed by atoms with E-state index in [1.165, 1.54) is 19.3 Å². The molecule has 2 aromatic carbocycles. The van der Waals surface area contributed by atoms with Crippen LogP contribution in [0.4, 0.5) is 5.69 Å². The van der Waals surface area contributed by atoms with Crippen molar-refractivity contribution in [3.63, 3.8) is 0 Å². The van der Waals surface area contributed by atoms with Crippen LogP contribution in [0.5, 0.6) is 11.5 Å². The SMILES string of the molecule is C#CCCCOc1ccc(/C=C/C(=O)NNc2ccccc2C(=O)O)cc1OC. The number of para-hydroxylation sites is 1. The van der Waals surface area contributed by atoms with Crippen molar-refractivity contribution in [1.82, 2.24) is 5.43 Å². The quantitative estimate of drug-likeness (QED) is 0.248. The number of nitrogens with one attached hydrogen (secondary N) is 2. The van der Waals surface area contributed by atoms with Crippen molar-refractivity contribution in [2.24, 2.45) is 0 Å². The summed E-state index contributed by atoms with van der Waals surface area (Å²) in [5.41, 5.74) is 6.12. The largest absolute Gasteiger partial charge is 0.493 e. The number of carbonyl (C=O) groups excluding carboxylic acids is 1. The van der Waals surface area contributed by atoms with Gasteiger partial charge in [0, 0.05) is 12.5 Å². The lowest BCUT2D eigenvalue weighted by Gasteiger charge is -2.11. The van der Waals surface area contributed by atoms with Crippen molar-refractivity contribution in [2.45, 2.75) is 12.8 Å². The van der Waals surface area contributed by atoms with Crippen molar-refractivity contribution >= 4 is 23.6 Å². The molecular formula is C22H22N2O5. The standard InChI is InChI=1S/C22H22N2O5/c1-3-4-7-14-29-19-12-10-16(15-20(19)28-2)11-13-21(25)24-23-18-9-6-5-8-17(18)22(26)27/h1,5-6,8-13,15,23H,4,7,14H2,2H3,(H,24,25)(H,26,27)/b13-11+. The van der Waals surface area contributed by atoms with Crippen LogP contribution in [0.3, 0.4) is 0 Å². The zero-order chi connectivity index (χ0) is 21.1. The lowest BCUT2D eigenvalue weighted by molar-refractivity contribution is -0.116. The molecule has 0 saturated carbocycles. The zero-order valence-electron chi connectivity index (χ0n) is 16.0. The Morgan fingerprint density at radius 1 is 1.21 bits per heavy atom. The number of carboxylic acids is 1. The van der Waals surface area contributed by atoms with Gasteiger partial charge < -0.3 is 14.6 Å². The lowest BCUT2D eigenvalue weighted by atomic mass is 10.2. The number of hydrogen-bond donors (Lipinski definition) is 3. The van der Waals surface area contributed by atoms with E-state index < -0.39 is 11.9 Å². The number of hydrazine groups is 1. The predicted molar refractivity (Wildman–Crippen MR) is 111 cm³/mol. The molecule has 3 N–H and O–H groups in total. The number of carboxylic acid groups (broad SMARTS) is 1. The van der Waals surface area contributed by atoms with Crippen LogP contribution in [-0.4, -0.2) is 30.7 Å². The summed E-state index contributed by atoms with van der Waals surface area (Å²) in [6, 6.07) is 11.6. The third kappa shape index (κ3) is 6.63. The monoisotopic (exact) mass is 394 g/mol. The average Bonchev–Trinajstić information content (AvgIpc) is 2.74. The van der Waals surface area contributed by atoms with Gasteiger partial charge >= 0.3 is 5.97 Å². The third-order valence-electron chi connectivity index (χ3n) is 3.82. The van der Waals surface area contributed by atoms with Crippen LogP contribution >= 0.6 is 0 Å². The highest BCUT2D eigenvalue weighted by Crippen LogP contribution is 2.28. The smallest absolute Gasteiger partial charge is 0.337 e. The molecule has 0 saturated heterocycles. The summed E-state index contributed by atoms with van der Waals surface area (Å²) in [4.78, 5) is 23.2. The number of carbonyl (C=O) groups is 2. The van der Waals surface area contributed by atoms with Gasteiger partial charge in [-0.25, -0.2) is 4.79 Å². The number of amides is 1. The van der Waals surface area contributed by atoms with Crippen LogP contribution in [0.15, 0.2) is 48.5 Å². The van der Waals surface area contributed by atoms with Gasteiger partial charge in [-0.15, -0.1) is 12.3 Å². The molecular weight excluding hydrogens is 372 g/mol. The molecule has 2 aromatic rings. The molecule has 0 radical (unpaired) electrons. The maximum absolute atomic E-state index is 12.0. The Morgan fingerprint density at radius 2 is 2.00 bits per heavy atom. The normalized spacial score (nSPS) is 10.2. The van der Waals surface area contributed by atoms with Crippen molar-refractivity contribution in [3.05, 3.63) is 59.7 Å². The second-order valence-corrected chi connectivity index (χ2v) is 5.86. The van der Waals surface area contributed by atoms with Gasteiger partial charge in [-0.3, -0.25) is 15.6 Å². The van der Waals surface area contributed by atoms with Crippen molar-refractivity contribution in [2.75, 3.05) is 19.1 Å². The summed E-state index contributed by atoms with van der Waals surface area (Å²) in [7, 11) is 1.54. The number of anilines is 1. The number of benzene rings is 2. The van der Waals surface area contributed by atoms with E-state index in [0.29, 0.717) is 24.5 Å². The number of terminal acetylenes is 1. The average molecular weight is 394 g/mol. The second kappa shape index (κ2) is 11.0. The Kier molecular flexibility index (Phi) is 8.14. The van der Waals surface area contributed by atoms with E-state index in [-0.39, 0.29) is 11.3 Å². The van der Waals surface area contributed by atoms with Crippen LogP contribution in [0.1, 0.15) is 28.8 Å². The fraction of sp³-hybridized carbons (Fsp3) is 0.182. The molecule has 0 fully saturated rings. The number of rotatable bonds is 10. The Balaban J connectivity index is 1.96. The Labute approximate surface area is 169 Å². The highest BCUT2D eigenvalue weighted by Gasteiger charge is 2.09. The van der Waals surface area contributed by atoms with E-state index in [2.05, 4.69) is 16.8 Å². The van der Waals surface area contributed by atoms with Gasteiger partial charge in [-0.2, -0.15) is 0 Å². The summed E-state index contributed by atoms with van der Waals surface area (Å²) >= 11 is 0. The molecule has 0 atom stereocenters. The number of hydrogen-bond acceptors (Lipinski definition) is 5. The van der Waals surface area contributed by atoms with Gasteiger partial charge in [-0.05, 0) is 42.3 Å². The molecule has 2 rings (SSSR count). The van der Waals surface area contributed by atoms with Crippen molar-refractivity contribution in [1.29, 1.82) is 0 Å². The first-order valence-corrected chi connectivity index (χ1v) is 8.86. The minimum Gasteiger partial charge on any atom is -0.493 e. The molecule has 0 aliphatic heterocycles. The number of ether oxygens (including phenoxy) is 2. The number of methoxy groups -OCH3 is 1. The zero-order valence-corrected chi connectivity index (χ0v) is 16.0. The summed E-state index contributed by atoms with van der Waals surface area (Å²) < 4.78 is 11.0. The molecule has 0 spiro atoms.